The highest BCUT2D eigenvalue weighted by atomic mass is 15.1. The van der Waals surface area contributed by atoms with Crippen LogP contribution in [0.1, 0.15) is 27.2 Å². The van der Waals surface area contributed by atoms with Crippen LogP contribution in [-0.4, -0.2) is 6.67 Å². The average Bonchev–Trinajstić information content (AvgIpc) is 2.33. The lowest BCUT2D eigenvalue weighted by Gasteiger charge is -2.07. The fourth-order valence-corrected chi connectivity index (χ4v) is 1.32. The van der Waals surface area contributed by atoms with Crippen molar-refractivity contribution in [1.29, 1.82) is 0 Å². The molecular weight excluding hydrogens is 124 g/mol. The molecule has 0 aromatic heterocycles. The minimum absolute atomic E-state index is 0.630. The van der Waals surface area contributed by atoms with Crippen molar-refractivity contribution in [3.05, 3.63) is 11.4 Å². The molecule has 1 rings (SSSR count). The Labute approximate surface area is 62.7 Å². The quantitative estimate of drug-likeness (QED) is 0.606. The minimum atomic E-state index is 0.630. The lowest BCUT2D eigenvalue weighted by Crippen LogP contribution is -2.16. The molecule has 1 heterocycles. The van der Waals surface area contributed by atoms with Gasteiger partial charge in [-0.05, 0) is 12.3 Å². The van der Waals surface area contributed by atoms with Crippen LogP contribution in [0.3, 0.4) is 0 Å². The van der Waals surface area contributed by atoms with Crippen LogP contribution in [0.4, 0.5) is 0 Å². The van der Waals surface area contributed by atoms with Crippen LogP contribution in [0.2, 0.25) is 0 Å². The molecule has 0 atom stereocenters. The van der Waals surface area contributed by atoms with Crippen molar-refractivity contribution >= 4 is 0 Å². The Balaban J connectivity index is 2.68. The Bertz CT molecular complexity index is 147. The Kier molecular flexibility index (Phi) is 2.20. The van der Waals surface area contributed by atoms with Gasteiger partial charge in [0.2, 0.25) is 0 Å². The van der Waals surface area contributed by atoms with Gasteiger partial charge in [-0.15, -0.1) is 0 Å². The van der Waals surface area contributed by atoms with E-state index in [0.717, 1.165) is 13.1 Å². The second-order valence-electron chi connectivity index (χ2n) is 2.93. The summed E-state index contributed by atoms with van der Waals surface area (Å²) < 4.78 is 0. The summed E-state index contributed by atoms with van der Waals surface area (Å²) in [6.45, 7) is 7.52. The van der Waals surface area contributed by atoms with Crippen molar-refractivity contribution in [2.75, 3.05) is 6.67 Å². The first-order valence-corrected chi connectivity index (χ1v) is 3.96. The van der Waals surface area contributed by atoms with E-state index in [9.17, 15) is 0 Å². The molecule has 2 N–H and O–H groups in total. The molecule has 0 fully saturated rings. The highest BCUT2D eigenvalue weighted by Crippen LogP contribution is 2.15. The Hall–Kier alpha value is -0.660. The van der Waals surface area contributed by atoms with Gasteiger partial charge < -0.3 is 10.6 Å². The molecule has 2 heteroatoms. The van der Waals surface area contributed by atoms with Gasteiger partial charge in [-0.25, -0.2) is 0 Å². The second kappa shape index (κ2) is 2.95. The summed E-state index contributed by atoms with van der Waals surface area (Å²) in [5.74, 6) is 0.630. The van der Waals surface area contributed by atoms with Crippen molar-refractivity contribution in [2.45, 2.75) is 27.2 Å². The van der Waals surface area contributed by atoms with E-state index in [2.05, 4.69) is 31.4 Å². The largest absolute Gasteiger partial charge is 0.370 e. The van der Waals surface area contributed by atoms with Gasteiger partial charge in [0.1, 0.15) is 0 Å². The third-order valence-electron chi connectivity index (χ3n) is 1.84. The second-order valence-corrected chi connectivity index (χ2v) is 2.93. The zero-order chi connectivity index (χ0) is 7.56. The maximum Gasteiger partial charge on any atom is 0.0845 e. The summed E-state index contributed by atoms with van der Waals surface area (Å²) in [6, 6.07) is 0. The summed E-state index contributed by atoms with van der Waals surface area (Å²) in [7, 11) is 0. The molecule has 0 spiro atoms. The maximum atomic E-state index is 3.33. The zero-order valence-corrected chi connectivity index (χ0v) is 6.99. The van der Waals surface area contributed by atoms with Crippen molar-refractivity contribution in [3.63, 3.8) is 0 Å². The molecule has 0 saturated carbocycles. The average molecular weight is 140 g/mol. The molecule has 2 nitrogen and oxygen atoms in total. The van der Waals surface area contributed by atoms with Crippen molar-refractivity contribution in [1.82, 2.24) is 10.6 Å². The number of hydrogen-bond donors (Lipinski definition) is 2. The van der Waals surface area contributed by atoms with Gasteiger partial charge in [0.25, 0.3) is 0 Å². The normalized spacial score (nSPS) is 17.6. The SMILES string of the molecule is CCC1=C(C(C)C)NCN1. The maximum absolute atomic E-state index is 3.33. The summed E-state index contributed by atoms with van der Waals surface area (Å²) in [5, 5.41) is 6.63. The third-order valence-corrected chi connectivity index (χ3v) is 1.84. The lowest BCUT2D eigenvalue weighted by atomic mass is 10.1. The number of allylic oxidation sites excluding steroid dienone is 2. The molecule has 0 amide bonds. The molecule has 0 saturated heterocycles. The Morgan fingerprint density at radius 3 is 2.50 bits per heavy atom. The molecule has 1 aliphatic rings. The fraction of sp³-hybridized carbons (Fsp3) is 0.750. The highest BCUT2D eigenvalue weighted by Gasteiger charge is 2.13. The van der Waals surface area contributed by atoms with Gasteiger partial charge in [0, 0.05) is 11.4 Å². The molecule has 0 unspecified atom stereocenters. The summed E-state index contributed by atoms with van der Waals surface area (Å²) >= 11 is 0. The molecule has 1 aliphatic heterocycles. The van der Waals surface area contributed by atoms with Crippen LogP contribution in [0, 0.1) is 5.92 Å². The number of rotatable bonds is 2. The van der Waals surface area contributed by atoms with Crippen molar-refractivity contribution < 1.29 is 0 Å². The summed E-state index contributed by atoms with van der Waals surface area (Å²) in [5.41, 5.74) is 2.78. The van der Waals surface area contributed by atoms with Gasteiger partial charge in [-0.1, -0.05) is 20.8 Å². The van der Waals surface area contributed by atoms with E-state index in [0.29, 0.717) is 5.92 Å². The minimum Gasteiger partial charge on any atom is -0.370 e. The van der Waals surface area contributed by atoms with Crippen LogP contribution in [0.25, 0.3) is 0 Å². The molecule has 0 bridgehead atoms. The standard InChI is InChI=1S/C8H16N2/c1-4-7-8(6(2)3)10-5-9-7/h6,9-10H,4-5H2,1-3H3. The predicted octanol–water partition coefficient (Wildman–Crippen LogP) is 1.41. The fourth-order valence-electron chi connectivity index (χ4n) is 1.32. The van der Waals surface area contributed by atoms with E-state index in [1.54, 1.807) is 0 Å². The molecule has 0 aliphatic carbocycles. The topological polar surface area (TPSA) is 24.1 Å². The van der Waals surface area contributed by atoms with Crippen molar-refractivity contribution in [2.24, 2.45) is 5.92 Å². The first-order chi connectivity index (χ1) is 4.75. The number of nitrogens with one attached hydrogen (secondary N) is 2. The molecule has 0 aromatic carbocycles. The first kappa shape index (κ1) is 7.45. The van der Waals surface area contributed by atoms with Crippen LogP contribution >= 0.6 is 0 Å². The molecule has 10 heavy (non-hydrogen) atoms. The third kappa shape index (κ3) is 1.25. The van der Waals surface area contributed by atoms with E-state index in [1.807, 2.05) is 0 Å². The molecule has 0 radical (unpaired) electrons. The van der Waals surface area contributed by atoms with Crippen molar-refractivity contribution in [3.8, 4) is 0 Å². The van der Waals surface area contributed by atoms with E-state index in [-0.39, 0.29) is 0 Å². The molecule has 58 valence electrons. The summed E-state index contributed by atoms with van der Waals surface area (Å²) in [4.78, 5) is 0. The predicted molar refractivity (Wildman–Crippen MR) is 43.3 cm³/mol. The van der Waals surface area contributed by atoms with E-state index < -0.39 is 0 Å². The van der Waals surface area contributed by atoms with E-state index >= 15 is 0 Å². The number of hydrogen-bond acceptors (Lipinski definition) is 2. The monoisotopic (exact) mass is 140 g/mol. The van der Waals surface area contributed by atoms with Crippen LogP contribution < -0.4 is 10.6 Å². The lowest BCUT2D eigenvalue weighted by molar-refractivity contribution is 0.683. The van der Waals surface area contributed by atoms with Gasteiger partial charge in [0.05, 0.1) is 6.67 Å². The van der Waals surface area contributed by atoms with Crippen LogP contribution in [0.15, 0.2) is 11.4 Å². The van der Waals surface area contributed by atoms with E-state index in [1.165, 1.54) is 11.4 Å². The van der Waals surface area contributed by atoms with Crippen LogP contribution in [0.5, 0.6) is 0 Å². The van der Waals surface area contributed by atoms with Gasteiger partial charge >= 0.3 is 0 Å². The smallest absolute Gasteiger partial charge is 0.0845 e. The summed E-state index contributed by atoms with van der Waals surface area (Å²) in [6.07, 6.45) is 1.11. The van der Waals surface area contributed by atoms with E-state index in [4.69, 9.17) is 0 Å². The Morgan fingerprint density at radius 2 is 2.10 bits per heavy atom. The van der Waals surface area contributed by atoms with Gasteiger partial charge in [-0.2, -0.15) is 0 Å². The first-order valence-electron chi connectivity index (χ1n) is 3.96. The van der Waals surface area contributed by atoms with Gasteiger partial charge in [-0.3, -0.25) is 0 Å². The van der Waals surface area contributed by atoms with Crippen LogP contribution in [-0.2, 0) is 0 Å². The van der Waals surface area contributed by atoms with Gasteiger partial charge in [0.15, 0.2) is 0 Å². The molecule has 0 aromatic rings. The zero-order valence-electron chi connectivity index (χ0n) is 6.99. The Morgan fingerprint density at radius 1 is 1.40 bits per heavy atom. The molecular formula is C8H16N2. The highest BCUT2D eigenvalue weighted by molar-refractivity contribution is 5.16.